The van der Waals surface area contributed by atoms with Crippen LogP contribution in [-0.2, 0) is 11.3 Å². The molecule has 0 amide bonds. The summed E-state index contributed by atoms with van der Waals surface area (Å²) in [7, 11) is 1.70. The highest BCUT2D eigenvalue weighted by molar-refractivity contribution is 5.28. The van der Waals surface area contributed by atoms with Crippen LogP contribution < -0.4 is 10.5 Å². The molecule has 1 aromatic rings. The smallest absolute Gasteiger partial charge is 0.119 e. The standard InChI is InChI=1S/C16H26N2O3/c1-20-8-7-18(14-5-6-14)11-15(19)12-21-16-4-2-3-13(9-16)10-17/h2-4,9,14-15,19H,5-8,10-12,17H2,1H3. The quantitative estimate of drug-likeness (QED) is 0.674. The number of aliphatic hydroxyl groups is 1. The summed E-state index contributed by atoms with van der Waals surface area (Å²) >= 11 is 0. The Labute approximate surface area is 126 Å². The molecule has 118 valence electrons. The Balaban J connectivity index is 1.76. The van der Waals surface area contributed by atoms with Gasteiger partial charge in [0.05, 0.1) is 6.61 Å². The summed E-state index contributed by atoms with van der Waals surface area (Å²) < 4.78 is 10.8. The van der Waals surface area contributed by atoms with Gasteiger partial charge in [-0.15, -0.1) is 0 Å². The zero-order valence-electron chi connectivity index (χ0n) is 12.7. The molecule has 1 aromatic carbocycles. The molecule has 1 saturated carbocycles. The van der Waals surface area contributed by atoms with Crippen molar-refractivity contribution in [1.82, 2.24) is 4.90 Å². The van der Waals surface area contributed by atoms with Crippen LogP contribution in [0.4, 0.5) is 0 Å². The van der Waals surface area contributed by atoms with Crippen LogP contribution in [0.15, 0.2) is 24.3 Å². The summed E-state index contributed by atoms with van der Waals surface area (Å²) in [6, 6.07) is 8.28. The number of rotatable bonds is 10. The number of benzene rings is 1. The molecule has 0 radical (unpaired) electrons. The minimum atomic E-state index is -0.496. The van der Waals surface area contributed by atoms with Crippen LogP contribution in [0.2, 0.25) is 0 Å². The highest BCUT2D eigenvalue weighted by Crippen LogP contribution is 2.26. The average Bonchev–Trinajstić information content (AvgIpc) is 3.34. The van der Waals surface area contributed by atoms with Gasteiger partial charge in [-0.25, -0.2) is 0 Å². The second-order valence-electron chi connectivity index (χ2n) is 5.54. The molecule has 2 rings (SSSR count). The van der Waals surface area contributed by atoms with Gasteiger partial charge in [0.25, 0.3) is 0 Å². The van der Waals surface area contributed by atoms with Gasteiger partial charge in [0.15, 0.2) is 0 Å². The first-order chi connectivity index (χ1) is 10.2. The fourth-order valence-electron chi connectivity index (χ4n) is 2.35. The van der Waals surface area contributed by atoms with E-state index in [-0.39, 0.29) is 0 Å². The molecule has 0 aromatic heterocycles. The molecule has 1 aliphatic carbocycles. The van der Waals surface area contributed by atoms with Crippen molar-refractivity contribution >= 4 is 0 Å². The molecular formula is C16H26N2O3. The zero-order chi connectivity index (χ0) is 15.1. The molecule has 0 heterocycles. The van der Waals surface area contributed by atoms with Crippen LogP contribution in [0, 0.1) is 0 Å². The van der Waals surface area contributed by atoms with Crippen molar-refractivity contribution in [3.05, 3.63) is 29.8 Å². The first-order valence-corrected chi connectivity index (χ1v) is 7.55. The minimum Gasteiger partial charge on any atom is -0.491 e. The lowest BCUT2D eigenvalue weighted by molar-refractivity contribution is 0.0540. The van der Waals surface area contributed by atoms with Crippen molar-refractivity contribution in [2.24, 2.45) is 5.73 Å². The van der Waals surface area contributed by atoms with E-state index in [4.69, 9.17) is 15.2 Å². The normalized spacial score (nSPS) is 16.2. The molecule has 0 aliphatic heterocycles. The lowest BCUT2D eigenvalue weighted by atomic mass is 10.2. The Hall–Kier alpha value is -1.14. The van der Waals surface area contributed by atoms with Gasteiger partial charge >= 0.3 is 0 Å². The minimum absolute atomic E-state index is 0.296. The second-order valence-corrected chi connectivity index (χ2v) is 5.54. The Morgan fingerprint density at radius 3 is 2.90 bits per heavy atom. The number of hydrogen-bond donors (Lipinski definition) is 2. The third kappa shape index (κ3) is 5.63. The predicted molar refractivity (Wildman–Crippen MR) is 82.3 cm³/mol. The molecule has 0 spiro atoms. The van der Waals surface area contributed by atoms with E-state index in [1.54, 1.807) is 7.11 Å². The van der Waals surface area contributed by atoms with Gasteiger partial charge in [0.1, 0.15) is 18.5 Å². The van der Waals surface area contributed by atoms with Crippen molar-refractivity contribution in [2.45, 2.75) is 31.5 Å². The first-order valence-electron chi connectivity index (χ1n) is 7.55. The lowest BCUT2D eigenvalue weighted by Gasteiger charge is -2.24. The van der Waals surface area contributed by atoms with Crippen LogP contribution in [0.3, 0.4) is 0 Å². The molecule has 3 N–H and O–H groups in total. The summed E-state index contributed by atoms with van der Waals surface area (Å²) in [5, 5.41) is 10.2. The van der Waals surface area contributed by atoms with E-state index in [1.807, 2.05) is 24.3 Å². The maximum Gasteiger partial charge on any atom is 0.119 e. The van der Waals surface area contributed by atoms with Gasteiger partial charge in [-0.05, 0) is 30.5 Å². The number of nitrogens with two attached hydrogens (primary N) is 1. The summed E-state index contributed by atoms with van der Waals surface area (Å²) in [5.74, 6) is 0.756. The van der Waals surface area contributed by atoms with Gasteiger partial charge in [-0.3, -0.25) is 4.90 Å². The van der Waals surface area contributed by atoms with Gasteiger partial charge in [-0.1, -0.05) is 12.1 Å². The Kier molecular flexibility index (Phi) is 6.45. The zero-order valence-corrected chi connectivity index (χ0v) is 12.7. The average molecular weight is 294 g/mol. The van der Waals surface area contributed by atoms with Crippen LogP contribution in [0.1, 0.15) is 18.4 Å². The monoisotopic (exact) mass is 294 g/mol. The number of hydrogen-bond acceptors (Lipinski definition) is 5. The summed E-state index contributed by atoms with van der Waals surface area (Å²) in [4.78, 5) is 2.29. The topological polar surface area (TPSA) is 68.0 Å². The molecule has 0 saturated heterocycles. The van der Waals surface area contributed by atoms with Crippen LogP contribution in [0.5, 0.6) is 5.75 Å². The third-order valence-corrected chi connectivity index (χ3v) is 3.67. The number of ether oxygens (including phenoxy) is 2. The van der Waals surface area contributed by atoms with Gasteiger partial charge < -0.3 is 20.3 Å². The van der Waals surface area contributed by atoms with E-state index in [1.165, 1.54) is 12.8 Å². The number of nitrogens with zero attached hydrogens (tertiary/aromatic N) is 1. The van der Waals surface area contributed by atoms with Crippen molar-refractivity contribution in [1.29, 1.82) is 0 Å². The fraction of sp³-hybridized carbons (Fsp3) is 0.625. The van der Waals surface area contributed by atoms with Crippen LogP contribution in [-0.4, -0.2) is 55.6 Å². The molecule has 1 unspecified atom stereocenters. The predicted octanol–water partition coefficient (Wildman–Crippen LogP) is 0.996. The maximum atomic E-state index is 10.2. The lowest BCUT2D eigenvalue weighted by Crippen LogP contribution is -2.38. The van der Waals surface area contributed by atoms with Gasteiger partial charge in [0, 0.05) is 32.8 Å². The third-order valence-electron chi connectivity index (χ3n) is 3.67. The fourth-order valence-corrected chi connectivity index (χ4v) is 2.35. The Morgan fingerprint density at radius 2 is 2.24 bits per heavy atom. The van der Waals surface area contributed by atoms with Crippen molar-refractivity contribution in [2.75, 3.05) is 33.4 Å². The second kappa shape index (κ2) is 8.34. The largest absolute Gasteiger partial charge is 0.491 e. The van der Waals surface area contributed by atoms with Crippen molar-refractivity contribution in [3.63, 3.8) is 0 Å². The molecule has 1 fully saturated rings. The Morgan fingerprint density at radius 1 is 1.43 bits per heavy atom. The number of aliphatic hydroxyl groups excluding tert-OH is 1. The van der Waals surface area contributed by atoms with E-state index < -0.39 is 6.10 Å². The van der Waals surface area contributed by atoms with Gasteiger partial charge in [-0.2, -0.15) is 0 Å². The van der Waals surface area contributed by atoms with E-state index in [2.05, 4.69) is 4.90 Å². The highest BCUT2D eigenvalue weighted by atomic mass is 16.5. The number of methoxy groups -OCH3 is 1. The molecule has 1 aliphatic rings. The summed E-state index contributed by atoms with van der Waals surface area (Å²) in [5.41, 5.74) is 6.63. The SMILES string of the molecule is COCCN(CC(O)COc1cccc(CN)c1)C1CC1. The first kappa shape index (κ1) is 16.2. The van der Waals surface area contributed by atoms with E-state index >= 15 is 0 Å². The van der Waals surface area contributed by atoms with Gasteiger partial charge in [0.2, 0.25) is 0 Å². The van der Waals surface area contributed by atoms with E-state index in [0.29, 0.717) is 32.3 Å². The van der Waals surface area contributed by atoms with E-state index in [9.17, 15) is 5.11 Å². The summed E-state index contributed by atoms with van der Waals surface area (Å²) in [6.07, 6.45) is 1.94. The molecular weight excluding hydrogens is 268 g/mol. The molecule has 1 atom stereocenters. The van der Waals surface area contributed by atoms with Crippen molar-refractivity contribution in [3.8, 4) is 5.75 Å². The van der Waals surface area contributed by atoms with Crippen LogP contribution in [0.25, 0.3) is 0 Å². The Bertz CT molecular complexity index is 424. The van der Waals surface area contributed by atoms with Crippen molar-refractivity contribution < 1.29 is 14.6 Å². The maximum absolute atomic E-state index is 10.2. The molecule has 5 nitrogen and oxygen atoms in total. The summed E-state index contributed by atoms with van der Waals surface area (Å²) in [6.45, 7) is 2.98. The molecule has 0 bridgehead atoms. The molecule has 5 heteroatoms. The van der Waals surface area contributed by atoms with Crippen LogP contribution >= 0.6 is 0 Å². The molecule has 21 heavy (non-hydrogen) atoms. The van der Waals surface area contributed by atoms with E-state index in [0.717, 1.165) is 17.9 Å². The highest BCUT2D eigenvalue weighted by Gasteiger charge is 2.29.